The molecule has 1 heterocycles. The molecule has 0 bridgehead atoms. The van der Waals surface area contributed by atoms with Crippen LogP contribution in [0.5, 0.6) is 0 Å². The lowest BCUT2D eigenvalue weighted by Crippen LogP contribution is -2.31. The molecule has 2 unspecified atom stereocenters. The van der Waals surface area contributed by atoms with E-state index in [0.29, 0.717) is 25.1 Å². The van der Waals surface area contributed by atoms with Crippen LogP contribution in [0.4, 0.5) is 5.82 Å². The predicted molar refractivity (Wildman–Crippen MR) is 80.1 cm³/mol. The monoisotopic (exact) mass is 292 g/mol. The lowest BCUT2D eigenvalue weighted by Gasteiger charge is -2.24. The SMILES string of the molecule is Cc1c(NC(=O)C2CCC(=O)C(C)C2)noc1C(C)(C)C. The highest BCUT2D eigenvalue weighted by atomic mass is 16.5. The number of carbonyl (C=O) groups excluding carboxylic acids is 2. The fourth-order valence-corrected chi connectivity index (χ4v) is 2.85. The molecule has 2 atom stereocenters. The zero-order valence-corrected chi connectivity index (χ0v) is 13.4. The summed E-state index contributed by atoms with van der Waals surface area (Å²) in [5.41, 5.74) is 0.724. The molecule has 1 N–H and O–H groups in total. The Morgan fingerprint density at radius 3 is 2.57 bits per heavy atom. The summed E-state index contributed by atoms with van der Waals surface area (Å²) in [5.74, 6) is 1.32. The second kappa shape index (κ2) is 5.62. The molecule has 116 valence electrons. The molecule has 5 nitrogen and oxygen atoms in total. The molecule has 0 radical (unpaired) electrons. The number of ketones is 1. The van der Waals surface area contributed by atoms with E-state index in [0.717, 1.165) is 11.3 Å². The molecule has 0 aliphatic heterocycles. The summed E-state index contributed by atoms with van der Waals surface area (Å²) in [6.07, 6.45) is 1.73. The van der Waals surface area contributed by atoms with Gasteiger partial charge in [0.25, 0.3) is 0 Å². The van der Waals surface area contributed by atoms with Crippen LogP contribution in [-0.4, -0.2) is 16.8 Å². The molecular formula is C16H24N2O3. The first kappa shape index (κ1) is 15.7. The molecule has 0 aromatic carbocycles. The quantitative estimate of drug-likeness (QED) is 0.908. The van der Waals surface area contributed by atoms with Crippen molar-refractivity contribution < 1.29 is 14.1 Å². The lowest BCUT2D eigenvalue weighted by atomic mass is 9.81. The highest BCUT2D eigenvalue weighted by molar-refractivity contribution is 5.94. The maximum atomic E-state index is 12.3. The summed E-state index contributed by atoms with van der Waals surface area (Å²) in [6.45, 7) is 9.92. The summed E-state index contributed by atoms with van der Waals surface area (Å²) in [5, 5.41) is 6.83. The Morgan fingerprint density at radius 2 is 2.05 bits per heavy atom. The number of nitrogens with one attached hydrogen (secondary N) is 1. The first-order valence-electron chi connectivity index (χ1n) is 7.50. The molecule has 0 spiro atoms. The molecule has 21 heavy (non-hydrogen) atoms. The molecule has 0 saturated heterocycles. The number of carbonyl (C=O) groups is 2. The van der Waals surface area contributed by atoms with Crippen LogP contribution in [0.25, 0.3) is 0 Å². The van der Waals surface area contributed by atoms with Crippen molar-refractivity contribution in [2.75, 3.05) is 5.32 Å². The minimum absolute atomic E-state index is 0.0296. The zero-order chi connectivity index (χ0) is 15.8. The Kier molecular flexibility index (Phi) is 4.21. The fraction of sp³-hybridized carbons (Fsp3) is 0.688. The standard InChI is InChI=1S/C16H24N2O3/c1-9-8-11(6-7-12(9)19)15(20)17-14-10(2)13(21-18-14)16(3,4)5/h9,11H,6-8H2,1-5H3,(H,17,18,20). The topological polar surface area (TPSA) is 72.2 Å². The predicted octanol–water partition coefficient (Wildman–Crippen LogP) is 3.22. The number of aromatic nitrogens is 1. The van der Waals surface area contributed by atoms with E-state index in [4.69, 9.17) is 4.52 Å². The van der Waals surface area contributed by atoms with Gasteiger partial charge in [-0.25, -0.2) is 0 Å². The van der Waals surface area contributed by atoms with Crippen LogP contribution in [0.2, 0.25) is 0 Å². The highest BCUT2D eigenvalue weighted by Crippen LogP contribution is 2.31. The molecule has 1 aliphatic rings. The molecular weight excluding hydrogens is 268 g/mol. The van der Waals surface area contributed by atoms with E-state index < -0.39 is 0 Å². The zero-order valence-electron chi connectivity index (χ0n) is 13.4. The third-order valence-corrected chi connectivity index (χ3v) is 4.14. The van der Waals surface area contributed by atoms with Crippen LogP contribution in [0.15, 0.2) is 4.52 Å². The molecule has 1 saturated carbocycles. The highest BCUT2D eigenvalue weighted by Gasteiger charge is 2.31. The first-order chi connectivity index (χ1) is 9.70. The lowest BCUT2D eigenvalue weighted by molar-refractivity contribution is -0.128. The molecule has 1 fully saturated rings. The minimum atomic E-state index is -0.147. The molecule has 1 aliphatic carbocycles. The Balaban J connectivity index is 2.07. The van der Waals surface area contributed by atoms with E-state index in [2.05, 4.69) is 10.5 Å². The number of hydrogen-bond acceptors (Lipinski definition) is 4. The number of nitrogens with zero attached hydrogens (tertiary/aromatic N) is 1. The fourth-order valence-electron chi connectivity index (χ4n) is 2.85. The molecule has 2 rings (SSSR count). The molecule has 5 heteroatoms. The van der Waals surface area contributed by atoms with Gasteiger partial charge in [0.15, 0.2) is 5.82 Å². The van der Waals surface area contributed by atoms with E-state index >= 15 is 0 Å². The van der Waals surface area contributed by atoms with Gasteiger partial charge in [-0.05, 0) is 19.8 Å². The van der Waals surface area contributed by atoms with Crippen LogP contribution in [-0.2, 0) is 15.0 Å². The second-order valence-corrected chi connectivity index (χ2v) is 7.06. The summed E-state index contributed by atoms with van der Waals surface area (Å²) in [7, 11) is 0. The maximum absolute atomic E-state index is 12.3. The minimum Gasteiger partial charge on any atom is -0.358 e. The van der Waals surface area contributed by atoms with Gasteiger partial charge < -0.3 is 9.84 Å². The molecule has 1 aromatic heterocycles. The van der Waals surface area contributed by atoms with Crippen molar-refractivity contribution in [3.63, 3.8) is 0 Å². The smallest absolute Gasteiger partial charge is 0.228 e. The van der Waals surface area contributed by atoms with Crippen LogP contribution in [0, 0.1) is 18.8 Å². The summed E-state index contributed by atoms with van der Waals surface area (Å²) in [6, 6.07) is 0. The van der Waals surface area contributed by atoms with Crippen molar-refractivity contribution in [3.8, 4) is 0 Å². The Morgan fingerprint density at radius 1 is 1.38 bits per heavy atom. The number of hydrogen-bond donors (Lipinski definition) is 1. The molecule has 1 amide bonds. The van der Waals surface area contributed by atoms with Crippen molar-refractivity contribution in [3.05, 3.63) is 11.3 Å². The van der Waals surface area contributed by atoms with Crippen LogP contribution in [0.1, 0.15) is 58.3 Å². The summed E-state index contributed by atoms with van der Waals surface area (Å²) >= 11 is 0. The average molecular weight is 292 g/mol. The molecule has 1 aromatic rings. The van der Waals surface area contributed by atoms with Gasteiger partial charge in [0, 0.05) is 29.2 Å². The van der Waals surface area contributed by atoms with Crippen molar-refractivity contribution in [2.45, 2.75) is 59.3 Å². The van der Waals surface area contributed by atoms with Crippen molar-refractivity contribution in [1.29, 1.82) is 0 Å². The van der Waals surface area contributed by atoms with E-state index in [9.17, 15) is 9.59 Å². The van der Waals surface area contributed by atoms with Gasteiger partial charge >= 0.3 is 0 Å². The Labute approximate surface area is 125 Å². The van der Waals surface area contributed by atoms with Gasteiger partial charge in [0.05, 0.1) is 0 Å². The number of amides is 1. The first-order valence-corrected chi connectivity index (χ1v) is 7.50. The van der Waals surface area contributed by atoms with Crippen molar-refractivity contribution in [2.24, 2.45) is 11.8 Å². The number of rotatable bonds is 2. The van der Waals surface area contributed by atoms with Crippen molar-refractivity contribution in [1.82, 2.24) is 5.16 Å². The van der Waals surface area contributed by atoms with E-state index in [1.165, 1.54) is 0 Å². The average Bonchev–Trinajstić information content (AvgIpc) is 2.74. The third kappa shape index (κ3) is 3.34. The number of anilines is 1. The van der Waals surface area contributed by atoms with Gasteiger partial charge in [-0.15, -0.1) is 0 Å². The summed E-state index contributed by atoms with van der Waals surface area (Å²) in [4.78, 5) is 23.9. The third-order valence-electron chi connectivity index (χ3n) is 4.14. The van der Waals surface area contributed by atoms with Crippen molar-refractivity contribution >= 4 is 17.5 Å². The second-order valence-electron chi connectivity index (χ2n) is 7.06. The maximum Gasteiger partial charge on any atom is 0.228 e. The van der Waals surface area contributed by atoms with Gasteiger partial charge in [-0.1, -0.05) is 32.9 Å². The Bertz CT molecular complexity index is 554. The van der Waals surface area contributed by atoms with Crippen LogP contribution < -0.4 is 5.32 Å². The van der Waals surface area contributed by atoms with Gasteiger partial charge in [-0.3, -0.25) is 9.59 Å². The van der Waals surface area contributed by atoms with Gasteiger partial charge in [-0.2, -0.15) is 0 Å². The largest absolute Gasteiger partial charge is 0.358 e. The van der Waals surface area contributed by atoms with Gasteiger partial charge in [0.1, 0.15) is 11.5 Å². The van der Waals surface area contributed by atoms with E-state index in [1.54, 1.807) is 0 Å². The van der Waals surface area contributed by atoms with E-state index in [1.807, 2.05) is 34.6 Å². The van der Waals surface area contributed by atoms with Crippen LogP contribution >= 0.6 is 0 Å². The van der Waals surface area contributed by atoms with Crippen LogP contribution in [0.3, 0.4) is 0 Å². The summed E-state index contributed by atoms with van der Waals surface area (Å²) < 4.78 is 5.37. The van der Waals surface area contributed by atoms with E-state index in [-0.39, 0.29) is 28.9 Å². The normalized spacial score (nSPS) is 23.2. The Hall–Kier alpha value is -1.65. The number of Topliss-reactive ketones (excluding diaryl/α,β-unsaturated/α-hetero) is 1. The van der Waals surface area contributed by atoms with Gasteiger partial charge in [0.2, 0.25) is 5.91 Å².